The van der Waals surface area contributed by atoms with Gasteiger partial charge >= 0.3 is 6.03 Å². The predicted octanol–water partition coefficient (Wildman–Crippen LogP) is 2.69. The predicted molar refractivity (Wildman–Crippen MR) is 78.6 cm³/mol. The van der Waals surface area contributed by atoms with Gasteiger partial charge in [0.2, 0.25) is 0 Å². The molecule has 0 spiro atoms. The molecule has 0 saturated carbocycles. The number of anilines is 1. The van der Waals surface area contributed by atoms with Crippen LogP contribution in [0, 0.1) is 0 Å². The standard InChI is InChI=1S/C15H23N3O/c1-2-3-9-16-15(19)17-10-8-12-11-18-14-7-5-4-6-13(12)14/h4-7,12,18H,2-3,8-11H2,1H3,(H2,16,17,19). The van der Waals surface area contributed by atoms with Crippen LogP contribution >= 0.6 is 0 Å². The maximum atomic E-state index is 11.5. The molecule has 0 bridgehead atoms. The number of hydrogen-bond donors (Lipinski definition) is 3. The number of unbranched alkanes of at least 4 members (excludes halogenated alkanes) is 1. The number of fused-ring (bicyclic) bond motifs is 1. The highest BCUT2D eigenvalue weighted by Crippen LogP contribution is 2.32. The second kappa shape index (κ2) is 7.02. The van der Waals surface area contributed by atoms with Gasteiger partial charge in [0.15, 0.2) is 0 Å². The van der Waals surface area contributed by atoms with Gasteiger partial charge in [-0.1, -0.05) is 31.5 Å². The fourth-order valence-corrected chi connectivity index (χ4v) is 2.42. The topological polar surface area (TPSA) is 53.2 Å². The third kappa shape index (κ3) is 3.88. The molecular formula is C15H23N3O. The third-order valence-corrected chi connectivity index (χ3v) is 3.53. The average molecular weight is 261 g/mol. The molecule has 1 aromatic carbocycles. The lowest BCUT2D eigenvalue weighted by molar-refractivity contribution is 0.240. The van der Waals surface area contributed by atoms with Crippen LogP contribution in [-0.2, 0) is 0 Å². The van der Waals surface area contributed by atoms with Gasteiger partial charge in [-0.25, -0.2) is 4.79 Å². The number of carbonyl (C=O) groups excluding carboxylic acids is 1. The first-order valence-electron chi connectivity index (χ1n) is 7.15. The summed E-state index contributed by atoms with van der Waals surface area (Å²) in [4.78, 5) is 11.5. The zero-order valence-corrected chi connectivity index (χ0v) is 11.5. The Balaban J connectivity index is 1.68. The van der Waals surface area contributed by atoms with Gasteiger partial charge in [0.25, 0.3) is 0 Å². The number of para-hydroxylation sites is 1. The molecule has 19 heavy (non-hydrogen) atoms. The van der Waals surface area contributed by atoms with Gasteiger partial charge in [-0.05, 0) is 24.5 Å². The van der Waals surface area contributed by atoms with E-state index in [4.69, 9.17) is 0 Å². The van der Waals surface area contributed by atoms with Crippen molar-refractivity contribution >= 4 is 11.7 Å². The van der Waals surface area contributed by atoms with Crippen LogP contribution in [0.3, 0.4) is 0 Å². The van der Waals surface area contributed by atoms with Gasteiger partial charge in [0.05, 0.1) is 0 Å². The molecule has 1 unspecified atom stereocenters. The maximum Gasteiger partial charge on any atom is 0.314 e. The molecule has 1 aliphatic rings. The van der Waals surface area contributed by atoms with Gasteiger partial charge in [-0.3, -0.25) is 0 Å². The Bertz CT molecular complexity index is 420. The first-order valence-corrected chi connectivity index (χ1v) is 7.15. The Morgan fingerprint density at radius 3 is 2.95 bits per heavy atom. The molecule has 0 saturated heterocycles. The van der Waals surface area contributed by atoms with Crippen LogP contribution in [0.15, 0.2) is 24.3 Å². The van der Waals surface area contributed by atoms with Crippen molar-refractivity contribution in [1.82, 2.24) is 10.6 Å². The van der Waals surface area contributed by atoms with Crippen LogP contribution < -0.4 is 16.0 Å². The van der Waals surface area contributed by atoms with Crippen LogP contribution in [0.4, 0.5) is 10.5 Å². The molecule has 0 radical (unpaired) electrons. The minimum Gasteiger partial charge on any atom is -0.384 e. The van der Waals surface area contributed by atoms with E-state index < -0.39 is 0 Å². The lowest BCUT2D eigenvalue weighted by atomic mass is 9.98. The number of carbonyl (C=O) groups is 1. The minimum absolute atomic E-state index is 0.0484. The minimum atomic E-state index is -0.0484. The monoisotopic (exact) mass is 261 g/mol. The van der Waals surface area contributed by atoms with Crippen molar-refractivity contribution < 1.29 is 4.79 Å². The number of urea groups is 1. The van der Waals surface area contributed by atoms with E-state index in [-0.39, 0.29) is 6.03 Å². The average Bonchev–Trinajstić information content (AvgIpc) is 2.83. The van der Waals surface area contributed by atoms with E-state index in [1.165, 1.54) is 11.3 Å². The second-order valence-electron chi connectivity index (χ2n) is 4.99. The van der Waals surface area contributed by atoms with Gasteiger partial charge in [0.1, 0.15) is 0 Å². The van der Waals surface area contributed by atoms with Crippen molar-refractivity contribution in [2.75, 3.05) is 25.0 Å². The summed E-state index contributed by atoms with van der Waals surface area (Å²) in [6, 6.07) is 8.35. The fraction of sp³-hybridized carbons (Fsp3) is 0.533. The van der Waals surface area contributed by atoms with Crippen LogP contribution in [-0.4, -0.2) is 25.7 Å². The lowest BCUT2D eigenvalue weighted by Crippen LogP contribution is -2.36. The number of amides is 2. The molecule has 0 aromatic heterocycles. The molecule has 1 atom stereocenters. The molecule has 0 fully saturated rings. The molecule has 4 nitrogen and oxygen atoms in total. The summed E-state index contributed by atoms with van der Waals surface area (Å²) < 4.78 is 0. The Labute approximate surface area is 115 Å². The largest absolute Gasteiger partial charge is 0.384 e. The Morgan fingerprint density at radius 2 is 2.11 bits per heavy atom. The molecule has 2 rings (SSSR count). The zero-order valence-electron chi connectivity index (χ0n) is 11.5. The van der Waals surface area contributed by atoms with E-state index in [1.54, 1.807) is 0 Å². The summed E-state index contributed by atoms with van der Waals surface area (Å²) in [5.41, 5.74) is 2.61. The van der Waals surface area contributed by atoms with Crippen molar-refractivity contribution in [2.45, 2.75) is 32.1 Å². The highest BCUT2D eigenvalue weighted by molar-refractivity contribution is 5.73. The number of rotatable bonds is 6. The quantitative estimate of drug-likeness (QED) is 0.690. The summed E-state index contributed by atoms with van der Waals surface area (Å²) >= 11 is 0. The van der Waals surface area contributed by atoms with E-state index in [0.29, 0.717) is 5.92 Å². The van der Waals surface area contributed by atoms with Crippen molar-refractivity contribution in [3.63, 3.8) is 0 Å². The van der Waals surface area contributed by atoms with Crippen LogP contribution in [0.25, 0.3) is 0 Å². The van der Waals surface area contributed by atoms with E-state index in [1.807, 2.05) is 6.07 Å². The van der Waals surface area contributed by atoms with Crippen molar-refractivity contribution in [3.05, 3.63) is 29.8 Å². The van der Waals surface area contributed by atoms with Crippen molar-refractivity contribution in [3.8, 4) is 0 Å². The maximum absolute atomic E-state index is 11.5. The summed E-state index contributed by atoms with van der Waals surface area (Å²) in [5.74, 6) is 0.507. The van der Waals surface area contributed by atoms with E-state index in [0.717, 1.165) is 38.9 Å². The van der Waals surface area contributed by atoms with Crippen molar-refractivity contribution in [2.24, 2.45) is 0 Å². The summed E-state index contributed by atoms with van der Waals surface area (Å²) in [6.45, 7) is 4.57. The smallest absolute Gasteiger partial charge is 0.314 e. The Morgan fingerprint density at radius 1 is 1.32 bits per heavy atom. The highest BCUT2D eigenvalue weighted by atomic mass is 16.2. The zero-order chi connectivity index (χ0) is 13.5. The molecule has 3 N–H and O–H groups in total. The fourth-order valence-electron chi connectivity index (χ4n) is 2.42. The number of hydrogen-bond acceptors (Lipinski definition) is 2. The molecule has 1 aliphatic heterocycles. The van der Waals surface area contributed by atoms with E-state index in [9.17, 15) is 4.79 Å². The SMILES string of the molecule is CCCCNC(=O)NCCC1CNc2ccccc21. The molecule has 104 valence electrons. The molecule has 2 amide bonds. The summed E-state index contributed by atoms with van der Waals surface area (Å²) in [7, 11) is 0. The van der Waals surface area contributed by atoms with Crippen LogP contribution in [0.2, 0.25) is 0 Å². The highest BCUT2D eigenvalue weighted by Gasteiger charge is 2.20. The van der Waals surface area contributed by atoms with E-state index >= 15 is 0 Å². The first kappa shape index (κ1) is 13.7. The molecule has 1 aromatic rings. The van der Waals surface area contributed by atoms with Crippen LogP contribution in [0.5, 0.6) is 0 Å². The number of benzene rings is 1. The molecule has 0 aliphatic carbocycles. The Kier molecular flexibility index (Phi) is 5.07. The number of nitrogens with one attached hydrogen (secondary N) is 3. The van der Waals surface area contributed by atoms with Crippen molar-refractivity contribution in [1.29, 1.82) is 0 Å². The Hall–Kier alpha value is -1.71. The van der Waals surface area contributed by atoms with Gasteiger partial charge < -0.3 is 16.0 Å². The summed E-state index contributed by atoms with van der Waals surface area (Å²) in [5, 5.41) is 9.19. The lowest BCUT2D eigenvalue weighted by Gasteiger charge is -2.11. The van der Waals surface area contributed by atoms with Crippen LogP contribution in [0.1, 0.15) is 37.7 Å². The molecule has 4 heteroatoms. The van der Waals surface area contributed by atoms with Gasteiger partial charge in [-0.15, -0.1) is 0 Å². The third-order valence-electron chi connectivity index (χ3n) is 3.53. The van der Waals surface area contributed by atoms with E-state index in [2.05, 4.69) is 41.1 Å². The van der Waals surface area contributed by atoms with Gasteiger partial charge in [0, 0.05) is 31.2 Å². The molecular weight excluding hydrogens is 238 g/mol. The second-order valence-corrected chi connectivity index (χ2v) is 4.99. The molecule has 1 heterocycles. The normalized spacial score (nSPS) is 16.6. The summed E-state index contributed by atoms with van der Waals surface area (Å²) in [6.07, 6.45) is 3.11. The van der Waals surface area contributed by atoms with Gasteiger partial charge in [-0.2, -0.15) is 0 Å². The first-order chi connectivity index (χ1) is 9.31.